The maximum atomic E-state index is 12.8. The average Bonchev–Trinajstić information content (AvgIpc) is 3.19. The van der Waals surface area contributed by atoms with Gasteiger partial charge in [-0.2, -0.15) is 18.2 Å². The molecule has 2 amide bonds. The molecule has 0 aliphatic heterocycles. The fourth-order valence-corrected chi connectivity index (χ4v) is 2.60. The van der Waals surface area contributed by atoms with Crippen molar-refractivity contribution in [2.45, 2.75) is 6.18 Å². The van der Waals surface area contributed by atoms with E-state index >= 15 is 0 Å². The first-order valence-corrected chi connectivity index (χ1v) is 8.56. The zero-order chi connectivity index (χ0) is 21.1. The van der Waals surface area contributed by atoms with Crippen molar-refractivity contribution in [2.24, 2.45) is 0 Å². The normalized spacial score (nSPS) is 11.3. The number of ether oxygens (including phenoxy) is 1. The monoisotopic (exact) mass is 414 g/mol. The summed E-state index contributed by atoms with van der Waals surface area (Å²) in [6.07, 6.45) is -1.69. The Morgan fingerprint density at radius 2 is 1.73 bits per heavy atom. The van der Waals surface area contributed by atoms with Crippen molar-refractivity contribution < 1.29 is 22.7 Å². The number of H-pyrrole nitrogens is 1. The van der Waals surface area contributed by atoms with Gasteiger partial charge in [-0.1, -0.05) is 6.07 Å². The fraction of sp³-hybridized carbons (Fsp3) is 0.0526. The smallest absolute Gasteiger partial charge is 0.416 e. The summed E-state index contributed by atoms with van der Waals surface area (Å²) in [6, 6.07) is 10.0. The Labute approximate surface area is 167 Å². The van der Waals surface area contributed by atoms with Gasteiger partial charge in [0.05, 0.1) is 11.9 Å². The number of fused-ring (bicyclic) bond motifs is 1. The van der Waals surface area contributed by atoms with Gasteiger partial charge in [-0.25, -0.2) is 14.8 Å². The first kappa shape index (κ1) is 19.2. The molecule has 2 aromatic heterocycles. The summed E-state index contributed by atoms with van der Waals surface area (Å²) in [7, 11) is 0. The number of urea groups is 1. The summed E-state index contributed by atoms with van der Waals surface area (Å²) in [4.78, 5) is 27.0. The van der Waals surface area contributed by atoms with E-state index in [0.717, 1.165) is 12.1 Å². The number of imidazole rings is 1. The summed E-state index contributed by atoms with van der Waals surface area (Å²) < 4.78 is 44.0. The van der Waals surface area contributed by atoms with Crippen LogP contribution in [0.4, 0.5) is 29.3 Å². The van der Waals surface area contributed by atoms with Crippen LogP contribution in [-0.2, 0) is 6.18 Å². The zero-order valence-corrected chi connectivity index (χ0v) is 15.1. The number of carbonyl (C=O) groups is 1. The van der Waals surface area contributed by atoms with Crippen LogP contribution in [0.5, 0.6) is 11.6 Å². The number of halogens is 3. The van der Waals surface area contributed by atoms with Gasteiger partial charge < -0.3 is 20.4 Å². The number of alkyl halides is 3. The van der Waals surface area contributed by atoms with Gasteiger partial charge in [-0.15, -0.1) is 0 Å². The number of aromatic nitrogens is 4. The molecule has 0 unspecified atom stereocenters. The Bertz CT molecular complexity index is 1190. The van der Waals surface area contributed by atoms with Crippen LogP contribution in [0.2, 0.25) is 0 Å². The predicted molar refractivity (Wildman–Crippen MR) is 102 cm³/mol. The van der Waals surface area contributed by atoms with Crippen molar-refractivity contribution in [3.63, 3.8) is 0 Å². The van der Waals surface area contributed by atoms with Gasteiger partial charge in [0, 0.05) is 11.4 Å². The molecule has 11 heteroatoms. The third-order valence-corrected chi connectivity index (χ3v) is 3.96. The van der Waals surface area contributed by atoms with Crippen molar-refractivity contribution in [1.29, 1.82) is 0 Å². The van der Waals surface area contributed by atoms with Crippen molar-refractivity contribution in [1.82, 2.24) is 19.9 Å². The van der Waals surface area contributed by atoms with Crippen molar-refractivity contribution >= 4 is 28.6 Å². The number of nitrogens with one attached hydrogen (secondary N) is 3. The van der Waals surface area contributed by atoms with Crippen LogP contribution in [0, 0.1) is 0 Å². The molecule has 0 aliphatic carbocycles. The van der Waals surface area contributed by atoms with E-state index in [1.807, 2.05) is 0 Å². The number of hydrogen-bond acceptors (Lipinski definition) is 5. The van der Waals surface area contributed by atoms with Gasteiger partial charge in [0.1, 0.15) is 17.6 Å². The second kappa shape index (κ2) is 7.70. The molecule has 3 N–H and O–H groups in total. The van der Waals surface area contributed by atoms with Crippen LogP contribution in [-0.4, -0.2) is 26.0 Å². The van der Waals surface area contributed by atoms with Crippen LogP contribution < -0.4 is 15.4 Å². The molecule has 0 aliphatic rings. The standard InChI is InChI=1S/C19H13F3N6O2/c20-19(21,22)11-2-1-3-13(8-11)28-18(29)27-12-4-6-14(7-5-12)30-17-15-16(24-9-23-15)25-10-26-17/h1-10H,(H2,27,28,29)(H,23,24,25,26). The molecular formula is C19H13F3N6O2. The number of aromatic amines is 1. The molecule has 0 bridgehead atoms. The largest absolute Gasteiger partial charge is 0.437 e. The number of amides is 2. The first-order valence-electron chi connectivity index (χ1n) is 8.56. The highest BCUT2D eigenvalue weighted by atomic mass is 19.4. The lowest BCUT2D eigenvalue weighted by atomic mass is 10.2. The highest BCUT2D eigenvalue weighted by Crippen LogP contribution is 2.31. The topological polar surface area (TPSA) is 105 Å². The average molecular weight is 414 g/mol. The van der Waals surface area contributed by atoms with E-state index in [9.17, 15) is 18.0 Å². The minimum atomic E-state index is -4.49. The number of carbonyl (C=O) groups excluding carboxylic acids is 1. The highest BCUT2D eigenvalue weighted by Gasteiger charge is 2.30. The van der Waals surface area contributed by atoms with Gasteiger partial charge in [-0.05, 0) is 42.5 Å². The third kappa shape index (κ3) is 4.29. The third-order valence-electron chi connectivity index (χ3n) is 3.96. The van der Waals surface area contributed by atoms with Crippen LogP contribution >= 0.6 is 0 Å². The number of benzene rings is 2. The minimum absolute atomic E-state index is 0.0228. The van der Waals surface area contributed by atoms with E-state index < -0.39 is 17.8 Å². The predicted octanol–water partition coefficient (Wildman–Crippen LogP) is 4.81. The van der Waals surface area contributed by atoms with Crippen molar-refractivity contribution in [2.75, 3.05) is 10.6 Å². The van der Waals surface area contributed by atoms with Gasteiger partial charge in [0.15, 0.2) is 5.65 Å². The van der Waals surface area contributed by atoms with Crippen LogP contribution in [0.1, 0.15) is 5.56 Å². The summed E-state index contributed by atoms with van der Waals surface area (Å²) in [5.41, 5.74) is 0.596. The molecule has 0 radical (unpaired) electrons. The maximum Gasteiger partial charge on any atom is 0.416 e. The molecule has 4 aromatic rings. The Kier molecular flexibility index (Phi) is 4.92. The second-order valence-corrected chi connectivity index (χ2v) is 6.06. The Hall–Kier alpha value is -4.15. The SMILES string of the molecule is O=C(Nc1ccc(Oc2ncnc3nc[nH]c23)cc1)Nc1cccc(C(F)(F)F)c1. The molecule has 0 atom stereocenters. The van der Waals surface area contributed by atoms with Crippen LogP contribution in [0.25, 0.3) is 11.2 Å². The maximum absolute atomic E-state index is 12.8. The van der Waals surface area contributed by atoms with Crippen LogP contribution in [0.3, 0.4) is 0 Å². The lowest BCUT2D eigenvalue weighted by Gasteiger charge is -2.11. The van der Waals surface area contributed by atoms with Gasteiger partial charge in [-0.3, -0.25) is 0 Å². The summed E-state index contributed by atoms with van der Waals surface area (Å²) >= 11 is 0. The highest BCUT2D eigenvalue weighted by molar-refractivity contribution is 5.99. The van der Waals surface area contributed by atoms with Gasteiger partial charge in [0.2, 0.25) is 5.88 Å². The van der Waals surface area contributed by atoms with E-state index in [4.69, 9.17) is 4.74 Å². The Morgan fingerprint density at radius 1 is 0.967 bits per heavy atom. The van der Waals surface area contributed by atoms with E-state index in [1.54, 1.807) is 24.3 Å². The molecule has 8 nitrogen and oxygen atoms in total. The second-order valence-electron chi connectivity index (χ2n) is 6.06. The number of anilines is 2. The molecule has 4 rings (SSSR count). The lowest BCUT2D eigenvalue weighted by Crippen LogP contribution is -2.19. The summed E-state index contributed by atoms with van der Waals surface area (Å²) in [5, 5.41) is 4.90. The van der Waals surface area contributed by atoms with E-state index in [1.165, 1.54) is 24.8 Å². The van der Waals surface area contributed by atoms with Gasteiger partial charge >= 0.3 is 12.2 Å². The molecule has 30 heavy (non-hydrogen) atoms. The molecule has 0 saturated carbocycles. The molecule has 2 aromatic carbocycles. The fourth-order valence-electron chi connectivity index (χ4n) is 2.60. The van der Waals surface area contributed by atoms with Gasteiger partial charge in [0.25, 0.3) is 0 Å². The molecule has 0 fully saturated rings. The lowest BCUT2D eigenvalue weighted by molar-refractivity contribution is -0.137. The van der Waals surface area contributed by atoms with Crippen LogP contribution in [0.15, 0.2) is 61.2 Å². The molecule has 0 spiro atoms. The number of hydrogen-bond donors (Lipinski definition) is 3. The quantitative estimate of drug-likeness (QED) is 0.445. The van der Waals surface area contributed by atoms with Crippen molar-refractivity contribution in [3.8, 4) is 11.6 Å². The molecular weight excluding hydrogens is 401 g/mol. The van der Waals surface area contributed by atoms with E-state index in [-0.39, 0.29) is 5.69 Å². The summed E-state index contributed by atoms with van der Waals surface area (Å²) in [6.45, 7) is 0. The summed E-state index contributed by atoms with van der Waals surface area (Å²) in [5.74, 6) is 0.744. The molecule has 152 valence electrons. The van der Waals surface area contributed by atoms with E-state index in [2.05, 4.69) is 30.6 Å². The van der Waals surface area contributed by atoms with E-state index in [0.29, 0.717) is 28.5 Å². The zero-order valence-electron chi connectivity index (χ0n) is 15.1. The first-order chi connectivity index (χ1) is 14.4. The number of rotatable bonds is 4. The number of nitrogens with zero attached hydrogens (tertiary/aromatic N) is 3. The Balaban J connectivity index is 1.40. The molecule has 2 heterocycles. The minimum Gasteiger partial charge on any atom is -0.437 e. The Morgan fingerprint density at radius 3 is 2.50 bits per heavy atom. The van der Waals surface area contributed by atoms with Crippen molar-refractivity contribution in [3.05, 3.63) is 66.7 Å². The molecule has 0 saturated heterocycles.